The van der Waals surface area contributed by atoms with Gasteiger partial charge in [0.2, 0.25) is 0 Å². The Kier molecular flexibility index (Phi) is 3.84. The van der Waals surface area contributed by atoms with Gasteiger partial charge in [-0.05, 0) is 30.3 Å². The predicted octanol–water partition coefficient (Wildman–Crippen LogP) is 3.68. The summed E-state index contributed by atoms with van der Waals surface area (Å²) in [6.07, 6.45) is -4.56. The van der Waals surface area contributed by atoms with E-state index in [0.29, 0.717) is 6.07 Å². The molecule has 0 aromatic heterocycles. The Morgan fingerprint density at radius 3 is 2.38 bits per heavy atom. The van der Waals surface area contributed by atoms with Gasteiger partial charge in [-0.1, -0.05) is 12.1 Å². The van der Waals surface area contributed by atoms with Crippen molar-refractivity contribution in [3.8, 4) is 0 Å². The highest BCUT2D eigenvalue weighted by Crippen LogP contribution is 2.30. The van der Waals surface area contributed by atoms with Crippen molar-refractivity contribution in [1.82, 2.24) is 0 Å². The van der Waals surface area contributed by atoms with Crippen LogP contribution in [0.1, 0.15) is 15.9 Å². The number of halogens is 4. The molecule has 2 aromatic rings. The molecule has 0 radical (unpaired) electrons. The van der Waals surface area contributed by atoms with Crippen LogP contribution in [0.5, 0.6) is 0 Å². The summed E-state index contributed by atoms with van der Waals surface area (Å²) < 4.78 is 51.2. The van der Waals surface area contributed by atoms with Crippen LogP contribution >= 0.6 is 0 Å². The molecule has 0 aliphatic rings. The number of carbonyl (C=O) groups excluding carboxylic acids is 1. The number of para-hydroxylation sites is 1. The summed E-state index contributed by atoms with van der Waals surface area (Å²) in [5.74, 6) is -1.65. The summed E-state index contributed by atoms with van der Waals surface area (Å²) >= 11 is 0. The van der Waals surface area contributed by atoms with Crippen LogP contribution in [-0.2, 0) is 6.18 Å². The molecule has 110 valence electrons. The zero-order valence-corrected chi connectivity index (χ0v) is 10.5. The molecule has 0 fully saturated rings. The van der Waals surface area contributed by atoms with Crippen LogP contribution < -0.4 is 11.1 Å². The fraction of sp³-hybridized carbons (Fsp3) is 0.0714. The van der Waals surface area contributed by atoms with Crippen molar-refractivity contribution in [3.63, 3.8) is 0 Å². The average molecular weight is 298 g/mol. The number of amides is 1. The van der Waals surface area contributed by atoms with Gasteiger partial charge in [0.1, 0.15) is 11.5 Å². The second-order valence-corrected chi connectivity index (χ2v) is 4.24. The molecular formula is C14H10F4N2O. The van der Waals surface area contributed by atoms with Gasteiger partial charge in [0.25, 0.3) is 5.91 Å². The van der Waals surface area contributed by atoms with Gasteiger partial charge in [0.15, 0.2) is 0 Å². The SMILES string of the molecule is Nc1cccc(F)c1NC(=O)c1cccc(C(F)(F)F)c1. The smallest absolute Gasteiger partial charge is 0.397 e. The summed E-state index contributed by atoms with van der Waals surface area (Å²) in [6, 6.07) is 7.62. The summed E-state index contributed by atoms with van der Waals surface area (Å²) in [6.45, 7) is 0. The Labute approximate surface area is 117 Å². The third-order valence-electron chi connectivity index (χ3n) is 2.74. The van der Waals surface area contributed by atoms with E-state index in [-0.39, 0.29) is 16.9 Å². The molecule has 0 saturated heterocycles. The van der Waals surface area contributed by atoms with Gasteiger partial charge in [0, 0.05) is 5.56 Å². The van der Waals surface area contributed by atoms with E-state index in [1.165, 1.54) is 18.2 Å². The zero-order valence-electron chi connectivity index (χ0n) is 10.5. The lowest BCUT2D eigenvalue weighted by Crippen LogP contribution is -2.15. The highest BCUT2D eigenvalue weighted by Gasteiger charge is 2.31. The van der Waals surface area contributed by atoms with Crippen LogP contribution in [0.15, 0.2) is 42.5 Å². The highest BCUT2D eigenvalue weighted by atomic mass is 19.4. The Hall–Kier alpha value is -2.57. The predicted molar refractivity (Wildman–Crippen MR) is 70.2 cm³/mol. The lowest BCUT2D eigenvalue weighted by molar-refractivity contribution is -0.137. The molecule has 0 aliphatic carbocycles. The van der Waals surface area contributed by atoms with E-state index in [2.05, 4.69) is 5.32 Å². The summed E-state index contributed by atoms with van der Waals surface area (Å²) in [4.78, 5) is 11.9. The number of carbonyl (C=O) groups is 1. The van der Waals surface area contributed by atoms with Gasteiger partial charge >= 0.3 is 6.18 Å². The maximum Gasteiger partial charge on any atom is 0.416 e. The van der Waals surface area contributed by atoms with E-state index < -0.39 is 23.5 Å². The molecule has 0 bridgehead atoms. The maximum absolute atomic E-state index is 13.5. The van der Waals surface area contributed by atoms with E-state index in [4.69, 9.17) is 5.73 Å². The molecule has 0 atom stereocenters. The minimum Gasteiger partial charge on any atom is -0.397 e. The molecule has 2 rings (SSSR count). The number of nitrogen functional groups attached to an aromatic ring is 1. The second kappa shape index (κ2) is 5.43. The molecule has 0 spiro atoms. The topological polar surface area (TPSA) is 55.1 Å². The van der Waals surface area contributed by atoms with E-state index in [0.717, 1.165) is 18.2 Å². The number of alkyl halides is 3. The summed E-state index contributed by atoms with van der Waals surface area (Å²) in [5.41, 5.74) is 4.03. The first-order valence-corrected chi connectivity index (χ1v) is 5.81. The maximum atomic E-state index is 13.5. The van der Waals surface area contributed by atoms with Crippen molar-refractivity contribution in [3.05, 3.63) is 59.4 Å². The number of nitrogens with one attached hydrogen (secondary N) is 1. The lowest BCUT2D eigenvalue weighted by Gasteiger charge is -2.11. The third kappa shape index (κ3) is 3.31. The lowest BCUT2D eigenvalue weighted by atomic mass is 10.1. The van der Waals surface area contributed by atoms with Crippen molar-refractivity contribution in [1.29, 1.82) is 0 Å². The van der Waals surface area contributed by atoms with Crippen molar-refractivity contribution < 1.29 is 22.4 Å². The zero-order chi connectivity index (χ0) is 15.6. The first-order valence-electron chi connectivity index (χ1n) is 5.81. The monoisotopic (exact) mass is 298 g/mol. The number of hydrogen-bond acceptors (Lipinski definition) is 2. The quantitative estimate of drug-likeness (QED) is 0.656. The molecule has 1 amide bonds. The Balaban J connectivity index is 2.29. The van der Waals surface area contributed by atoms with Gasteiger partial charge in [-0.15, -0.1) is 0 Å². The summed E-state index contributed by atoms with van der Waals surface area (Å²) in [5, 5.41) is 2.17. The first kappa shape index (κ1) is 14.8. The van der Waals surface area contributed by atoms with Gasteiger partial charge in [-0.2, -0.15) is 13.2 Å². The van der Waals surface area contributed by atoms with Crippen LogP contribution in [-0.4, -0.2) is 5.91 Å². The number of benzene rings is 2. The van der Waals surface area contributed by atoms with Crippen LogP contribution in [0.4, 0.5) is 28.9 Å². The highest BCUT2D eigenvalue weighted by molar-refractivity contribution is 6.05. The molecule has 0 unspecified atom stereocenters. The first-order chi connectivity index (χ1) is 9.79. The molecular weight excluding hydrogens is 288 g/mol. The number of rotatable bonds is 2. The molecule has 3 N–H and O–H groups in total. The Bertz CT molecular complexity index is 663. The summed E-state index contributed by atoms with van der Waals surface area (Å²) in [7, 11) is 0. The van der Waals surface area contributed by atoms with E-state index >= 15 is 0 Å². The van der Waals surface area contributed by atoms with Crippen LogP contribution in [0, 0.1) is 5.82 Å². The molecule has 21 heavy (non-hydrogen) atoms. The fourth-order valence-corrected chi connectivity index (χ4v) is 1.70. The normalized spacial score (nSPS) is 11.2. The standard InChI is InChI=1S/C14H10F4N2O/c15-10-5-2-6-11(19)12(10)20-13(21)8-3-1-4-9(7-8)14(16,17)18/h1-7H,19H2,(H,20,21). The van der Waals surface area contributed by atoms with Crippen LogP contribution in [0.25, 0.3) is 0 Å². The average Bonchev–Trinajstić information content (AvgIpc) is 2.42. The third-order valence-corrected chi connectivity index (χ3v) is 2.74. The van der Waals surface area contributed by atoms with Crippen LogP contribution in [0.2, 0.25) is 0 Å². The van der Waals surface area contributed by atoms with E-state index in [1.54, 1.807) is 0 Å². The minimum atomic E-state index is -4.56. The number of hydrogen-bond donors (Lipinski definition) is 2. The fourth-order valence-electron chi connectivity index (χ4n) is 1.70. The van der Waals surface area contributed by atoms with Crippen molar-refractivity contribution >= 4 is 17.3 Å². The van der Waals surface area contributed by atoms with Gasteiger partial charge in [-0.3, -0.25) is 4.79 Å². The molecule has 0 heterocycles. The van der Waals surface area contributed by atoms with E-state index in [9.17, 15) is 22.4 Å². The molecule has 3 nitrogen and oxygen atoms in total. The van der Waals surface area contributed by atoms with Gasteiger partial charge in [-0.25, -0.2) is 4.39 Å². The van der Waals surface area contributed by atoms with E-state index in [1.807, 2.05) is 0 Å². The molecule has 2 aromatic carbocycles. The number of anilines is 2. The molecule has 7 heteroatoms. The Morgan fingerprint density at radius 1 is 1.10 bits per heavy atom. The molecule has 0 saturated carbocycles. The van der Waals surface area contributed by atoms with Crippen LogP contribution in [0.3, 0.4) is 0 Å². The van der Waals surface area contributed by atoms with Gasteiger partial charge < -0.3 is 11.1 Å². The van der Waals surface area contributed by atoms with Gasteiger partial charge in [0.05, 0.1) is 11.3 Å². The second-order valence-electron chi connectivity index (χ2n) is 4.24. The minimum absolute atomic E-state index is 0.0182. The largest absolute Gasteiger partial charge is 0.416 e. The van der Waals surface area contributed by atoms with Crippen molar-refractivity contribution in [2.75, 3.05) is 11.1 Å². The number of nitrogens with two attached hydrogens (primary N) is 1. The molecule has 0 aliphatic heterocycles. The van der Waals surface area contributed by atoms with Crippen molar-refractivity contribution in [2.45, 2.75) is 6.18 Å². The Morgan fingerprint density at radius 2 is 1.76 bits per heavy atom. The van der Waals surface area contributed by atoms with Crippen molar-refractivity contribution in [2.24, 2.45) is 0 Å².